The van der Waals surface area contributed by atoms with E-state index in [0.717, 1.165) is 56.8 Å². The van der Waals surface area contributed by atoms with Gasteiger partial charge in [0.05, 0.1) is 0 Å². The number of hydrogen-bond donors (Lipinski definition) is 0. The average Bonchev–Trinajstić information content (AvgIpc) is 3.70. The Bertz CT molecular complexity index is 2560. The first-order valence-electron chi connectivity index (χ1n) is 17.7. The largest absolute Gasteiger partial charge is 0.509 e. The molecule has 0 aliphatic carbocycles. The van der Waals surface area contributed by atoms with Crippen molar-refractivity contribution in [1.82, 2.24) is 9.55 Å². The molecule has 0 N–H and O–H groups in total. The number of hydrogen-bond acceptors (Lipinski definition) is 4. The fourth-order valence-corrected chi connectivity index (χ4v) is 7.07. The van der Waals surface area contributed by atoms with Crippen LogP contribution in [-0.4, -0.2) is 9.55 Å². The van der Waals surface area contributed by atoms with Crippen molar-refractivity contribution in [3.05, 3.63) is 182 Å². The third-order valence-electron chi connectivity index (χ3n) is 9.73. The maximum atomic E-state index is 6.56. The minimum absolute atomic E-state index is 0. The van der Waals surface area contributed by atoms with Crippen LogP contribution in [0.2, 0.25) is 0 Å². The number of nitrogens with zero attached hydrogens (tertiary/aromatic N) is 4. The molecule has 0 unspecified atom stereocenters. The van der Waals surface area contributed by atoms with Crippen LogP contribution in [0.3, 0.4) is 0 Å². The molecule has 8 aromatic rings. The molecule has 53 heavy (non-hydrogen) atoms. The molecule has 0 radical (unpaired) electrons. The Morgan fingerprint density at radius 2 is 1.40 bits per heavy atom. The number of anilines is 3. The minimum atomic E-state index is -0.0262. The average molecular weight is 869 g/mol. The van der Waals surface area contributed by atoms with Crippen molar-refractivity contribution < 1.29 is 25.8 Å². The molecule has 3 heterocycles. The second-order valence-corrected chi connectivity index (χ2v) is 14.3. The molecular weight excluding hydrogens is 832 g/mol. The van der Waals surface area contributed by atoms with Gasteiger partial charge in [0.2, 0.25) is 0 Å². The van der Waals surface area contributed by atoms with Crippen molar-refractivity contribution in [2.24, 2.45) is 0 Å². The van der Waals surface area contributed by atoms with Crippen molar-refractivity contribution in [2.45, 2.75) is 32.7 Å². The minimum Gasteiger partial charge on any atom is -0.509 e. The number of aromatic nitrogens is 2. The zero-order valence-corrected chi connectivity index (χ0v) is 32.0. The van der Waals surface area contributed by atoms with Crippen LogP contribution in [0.5, 0.6) is 11.5 Å². The number of para-hydroxylation sites is 2. The van der Waals surface area contributed by atoms with Crippen LogP contribution in [0.15, 0.2) is 152 Å². The van der Waals surface area contributed by atoms with Crippen LogP contribution in [0.4, 0.5) is 17.1 Å². The van der Waals surface area contributed by atoms with E-state index in [9.17, 15) is 0 Å². The molecule has 0 spiro atoms. The predicted molar refractivity (Wildman–Crippen MR) is 212 cm³/mol. The van der Waals surface area contributed by atoms with Gasteiger partial charge >= 0.3 is 0 Å². The zero-order valence-electron chi connectivity index (χ0n) is 29.7. The monoisotopic (exact) mass is 868 g/mol. The predicted octanol–water partition coefficient (Wildman–Crippen LogP) is 11.8. The summed E-state index contributed by atoms with van der Waals surface area (Å²) < 4.78 is 8.76. The Kier molecular flexibility index (Phi) is 9.14. The molecule has 1 aliphatic heterocycles. The van der Waals surface area contributed by atoms with E-state index in [2.05, 4.69) is 175 Å². The molecule has 2 aromatic heterocycles. The molecule has 6 aromatic carbocycles. The van der Waals surface area contributed by atoms with Crippen molar-refractivity contribution >= 4 is 38.9 Å². The van der Waals surface area contributed by atoms with Gasteiger partial charge in [0, 0.05) is 62.2 Å². The van der Waals surface area contributed by atoms with E-state index < -0.39 is 0 Å². The summed E-state index contributed by atoms with van der Waals surface area (Å²) in [4.78, 5) is 9.33. The molecule has 5 nitrogen and oxygen atoms in total. The standard InChI is InChI=1S/C47H37N4O.Pt/c1-47(2,3)36-25-26-48-46(28-36)51-42-24-21-35(34-15-8-5-9-16-34)27-41(42)40-23-22-39(30-45(40)51)52-38-18-12-17-37(29-38)50-32-49(31-33-13-6-4-7-14-33)43-19-10-11-20-44(43)50;/h4-28,32H,31H2,1-3H3;/q-3;. The van der Waals surface area contributed by atoms with Crippen LogP contribution in [0.1, 0.15) is 31.9 Å². The van der Waals surface area contributed by atoms with Gasteiger partial charge in [-0.3, -0.25) is 0 Å². The number of rotatable bonds is 7. The summed E-state index contributed by atoms with van der Waals surface area (Å²) in [5, 5.41) is 2.22. The fraction of sp³-hybridized carbons (Fsp3) is 0.106. The summed E-state index contributed by atoms with van der Waals surface area (Å²) in [6.45, 7) is 9.60. The van der Waals surface area contributed by atoms with Gasteiger partial charge in [-0.25, -0.2) is 4.98 Å². The van der Waals surface area contributed by atoms with Crippen molar-refractivity contribution in [3.63, 3.8) is 0 Å². The summed E-state index contributed by atoms with van der Waals surface area (Å²) in [5.41, 5.74) is 9.91. The van der Waals surface area contributed by atoms with E-state index in [-0.39, 0.29) is 26.5 Å². The maximum absolute atomic E-state index is 6.56. The zero-order chi connectivity index (χ0) is 35.2. The number of ether oxygens (including phenoxy) is 1. The first-order chi connectivity index (χ1) is 25.4. The number of pyridine rings is 1. The van der Waals surface area contributed by atoms with E-state index >= 15 is 0 Å². The summed E-state index contributed by atoms with van der Waals surface area (Å²) in [7, 11) is 0. The number of fused-ring (bicyclic) bond motifs is 4. The van der Waals surface area contributed by atoms with Crippen molar-refractivity contribution in [3.8, 4) is 28.4 Å². The van der Waals surface area contributed by atoms with Crippen LogP contribution in [0.25, 0.3) is 38.8 Å². The van der Waals surface area contributed by atoms with Crippen LogP contribution >= 0.6 is 0 Å². The van der Waals surface area contributed by atoms with E-state index in [1.54, 1.807) is 0 Å². The van der Waals surface area contributed by atoms with Gasteiger partial charge in [0.25, 0.3) is 0 Å². The fourth-order valence-electron chi connectivity index (χ4n) is 7.07. The SMILES string of the molecule is CC(C)(C)c1ccnc(-n2c3[c-]c(Oc4[c-]c(N5[CH-]N(Cc6ccccc6)c6ccccc65)ccc4)ccc3c3cc(-c4ccccc4)ccc32)c1.[Pt]. The van der Waals surface area contributed by atoms with E-state index in [1.165, 1.54) is 16.7 Å². The smallest absolute Gasteiger partial charge is 0.135 e. The second-order valence-electron chi connectivity index (χ2n) is 14.3. The summed E-state index contributed by atoms with van der Waals surface area (Å²) in [5.74, 6) is 2.07. The van der Waals surface area contributed by atoms with Gasteiger partial charge in [0.1, 0.15) is 5.82 Å². The summed E-state index contributed by atoms with van der Waals surface area (Å²) >= 11 is 0. The molecule has 9 rings (SSSR count). The van der Waals surface area contributed by atoms with Gasteiger partial charge in [-0.15, -0.1) is 41.4 Å². The number of benzene rings is 6. The molecule has 0 saturated heterocycles. The van der Waals surface area contributed by atoms with Crippen LogP contribution < -0.4 is 14.5 Å². The Labute approximate surface area is 325 Å². The molecule has 0 atom stereocenters. The Morgan fingerprint density at radius 1 is 0.660 bits per heavy atom. The molecule has 1 aliphatic rings. The first-order valence-corrected chi connectivity index (χ1v) is 17.7. The van der Waals surface area contributed by atoms with Gasteiger partial charge < -0.3 is 19.1 Å². The summed E-state index contributed by atoms with van der Waals surface area (Å²) in [6, 6.07) is 57.8. The summed E-state index contributed by atoms with van der Waals surface area (Å²) in [6.07, 6.45) is 1.90. The Morgan fingerprint density at radius 3 is 2.19 bits per heavy atom. The third-order valence-corrected chi connectivity index (χ3v) is 9.73. The Balaban J connectivity index is 0.00000400. The van der Waals surface area contributed by atoms with Crippen molar-refractivity contribution in [1.29, 1.82) is 0 Å². The molecular formula is C47H37N4OPt-3. The quantitative estimate of drug-likeness (QED) is 0.149. The van der Waals surface area contributed by atoms with Gasteiger partial charge in [0.15, 0.2) is 0 Å². The molecule has 264 valence electrons. The van der Waals surface area contributed by atoms with E-state index in [1.807, 2.05) is 30.5 Å². The maximum Gasteiger partial charge on any atom is 0.135 e. The van der Waals surface area contributed by atoms with Gasteiger partial charge in [-0.05, 0) is 63.4 Å². The van der Waals surface area contributed by atoms with Gasteiger partial charge in [-0.2, -0.15) is 18.8 Å². The van der Waals surface area contributed by atoms with Crippen LogP contribution in [-0.2, 0) is 33.0 Å². The Hall–Kier alpha value is -5.64. The second kappa shape index (κ2) is 14.1. The third kappa shape index (κ3) is 6.62. The molecule has 6 heteroatoms. The van der Waals surface area contributed by atoms with Crippen molar-refractivity contribution in [2.75, 3.05) is 9.80 Å². The molecule has 0 bridgehead atoms. The normalized spacial score (nSPS) is 12.6. The molecule has 0 amide bonds. The molecule has 0 fully saturated rings. The van der Waals surface area contributed by atoms with Crippen LogP contribution in [0, 0.1) is 18.8 Å². The van der Waals surface area contributed by atoms with E-state index in [4.69, 9.17) is 9.72 Å². The first kappa shape index (κ1) is 34.4. The van der Waals surface area contributed by atoms with Gasteiger partial charge in [-0.1, -0.05) is 111 Å². The topological polar surface area (TPSA) is 33.5 Å². The molecule has 0 saturated carbocycles. The van der Waals surface area contributed by atoms with E-state index in [0.29, 0.717) is 11.5 Å².